The second-order valence-corrected chi connectivity index (χ2v) is 5.87. The summed E-state index contributed by atoms with van der Waals surface area (Å²) in [5.74, 6) is -0.644. The number of hydrogen-bond acceptors (Lipinski definition) is 3. The van der Waals surface area contributed by atoms with Crippen LogP contribution in [0.1, 0.15) is 25.3 Å². The SMILES string of the molecule is CC1(C(=O)O)CCN(CCc2ccsc2)CC1. The van der Waals surface area contributed by atoms with Crippen LogP contribution in [0.15, 0.2) is 16.8 Å². The van der Waals surface area contributed by atoms with E-state index in [-0.39, 0.29) is 0 Å². The first kappa shape index (κ1) is 12.6. The van der Waals surface area contributed by atoms with Crippen molar-refractivity contribution in [2.45, 2.75) is 26.2 Å². The molecule has 1 N–H and O–H groups in total. The van der Waals surface area contributed by atoms with Gasteiger partial charge in [-0.3, -0.25) is 4.79 Å². The van der Waals surface area contributed by atoms with Crippen LogP contribution >= 0.6 is 11.3 Å². The van der Waals surface area contributed by atoms with Gasteiger partial charge in [0, 0.05) is 6.54 Å². The van der Waals surface area contributed by atoms with Crippen LogP contribution in [0.2, 0.25) is 0 Å². The Balaban J connectivity index is 1.78. The summed E-state index contributed by atoms with van der Waals surface area (Å²) in [5.41, 5.74) is 0.889. The second-order valence-electron chi connectivity index (χ2n) is 5.09. The Morgan fingerprint density at radius 2 is 2.24 bits per heavy atom. The Bertz CT molecular complexity index is 367. The third-order valence-electron chi connectivity index (χ3n) is 3.77. The van der Waals surface area contributed by atoms with E-state index in [1.165, 1.54) is 5.56 Å². The van der Waals surface area contributed by atoms with Gasteiger partial charge in [-0.1, -0.05) is 0 Å². The van der Waals surface area contributed by atoms with Gasteiger partial charge in [0.1, 0.15) is 0 Å². The molecule has 0 spiro atoms. The molecule has 0 amide bonds. The Morgan fingerprint density at radius 1 is 1.53 bits per heavy atom. The van der Waals surface area contributed by atoms with E-state index < -0.39 is 11.4 Å². The number of aliphatic carboxylic acids is 1. The van der Waals surface area contributed by atoms with E-state index in [1.54, 1.807) is 11.3 Å². The molecule has 0 atom stereocenters. The van der Waals surface area contributed by atoms with Gasteiger partial charge in [0.25, 0.3) is 0 Å². The molecule has 0 aliphatic carbocycles. The summed E-state index contributed by atoms with van der Waals surface area (Å²) in [6.45, 7) is 4.73. The molecule has 1 saturated heterocycles. The summed E-state index contributed by atoms with van der Waals surface area (Å²) in [5, 5.41) is 13.4. The van der Waals surface area contributed by atoms with Crippen molar-refractivity contribution in [3.63, 3.8) is 0 Å². The lowest BCUT2D eigenvalue weighted by molar-refractivity contribution is -0.150. The molecule has 0 unspecified atom stereocenters. The maximum absolute atomic E-state index is 11.1. The Labute approximate surface area is 106 Å². The van der Waals surface area contributed by atoms with E-state index in [2.05, 4.69) is 21.7 Å². The monoisotopic (exact) mass is 253 g/mol. The Kier molecular flexibility index (Phi) is 3.84. The number of carboxylic acid groups (broad SMARTS) is 1. The number of piperidine rings is 1. The minimum Gasteiger partial charge on any atom is -0.481 e. The van der Waals surface area contributed by atoms with Gasteiger partial charge in [-0.15, -0.1) is 0 Å². The molecule has 3 nitrogen and oxygen atoms in total. The zero-order valence-electron chi connectivity index (χ0n) is 10.2. The molecule has 4 heteroatoms. The highest BCUT2D eigenvalue weighted by Gasteiger charge is 2.36. The average molecular weight is 253 g/mol. The zero-order valence-corrected chi connectivity index (χ0v) is 11.0. The lowest BCUT2D eigenvalue weighted by Crippen LogP contribution is -2.43. The lowest BCUT2D eigenvalue weighted by Gasteiger charge is -2.36. The van der Waals surface area contributed by atoms with E-state index in [9.17, 15) is 4.79 Å². The van der Waals surface area contributed by atoms with Crippen molar-refractivity contribution in [2.75, 3.05) is 19.6 Å². The van der Waals surface area contributed by atoms with E-state index in [1.807, 2.05) is 6.92 Å². The summed E-state index contributed by atoms with van der Waals surface area (Å²) in [6, 6.07) is 2.16. The van der Waals surface area contributed by atoms with Gasteiger partial charge in [-0.05, 0) is 61.7 Å². The van der Waals surface area contributed by atoms with Crippen molar-refractivity contribution in [3.8, 4) is 0 Å². The topological polar surface area (TPSA) is 40.5 Å². The molecule has 1 aromatic rings. The summed E-state index contributed by atoms with van der Waals surface area (Å²) < 4.78 is 0. The molecule has 0 bridgehead atoms. The van der Waals surface area contributed by atoms with Crippen LogP contribution in [0, 0.1) is 5.41 Å². The summed E-state index contributed by atoms with van der Waals surface area (Å²) in [7, 11) is 0. The number of likely N-dealkylation sites (tertiary alicyclic amines) is 1. The third-order valence-corrected chi connectivity index (χ3v) is 4.50. The van der Waals surface area contributed by atoms with Crippen molar-refractivity contribution < 1.29 is 9.90 Å². The van der Waals surface area contributed by atoms with E-state index in [0.29, 0.717) is 0 Å². The first-order valence-electron chi connectivity index (χ1n) is 6.07. The van der Waals surface area contributed by atoms with Gasteiger partial charge in [0.15, 0.2) is 0 Å². The smallest absolute Gasteiger partial charge is 0.309 e. The summed E-state index contributed by atoms with van der Waals surface area (Å²) >= 11 is 1.73. The molecule has 0 aromatic carbocycles. The molecule has 1 aromatic heterocycles. The molecule has 1 fully saturated rings. The fourth-order valence-electron chi connectivity index (χ4n) is 2.21. The van der Waals surface area contributed by atoms with Crippen LogP contribution in [0.5, 0.6) is 0 Å². The first-order valence-corrected chi connectivity index (χ1v) is 7.01. The average Bonchev–Trinajstić information content (AvgIpc) is 2.81. The van der Waals surface area contributed by atoms with Crippen LogP contribution in [0.4, 0.5) is 0 Å². The number of thiophene rings is 1. The van der Waals surface area contributed by atoms with Crippen molar-refractivity contribution >= 4 is 17.3 Å². The predicted octanol–water partition coefficient (Wildman–Crippen LogP) is 2.48. The highest BCUT2D eigenvalue weighted by molar-refractivity contribution is 7.07. The molecule has 2 rings (SSSR count). The van der Waals surface area contributed by atoms with Gasteiger partial charge < -0.3 is 10.0 Å². The highest BCUT2D eigenvalue weighted by atomic mass is 32.1. The molecule has 94 valence electrons. The van der Waals surface area contributed by atoms with Crippen LogP contribution < -0.4 is 0 Å². The molecule has 0 saturated carbocycles. The van der Waals surface area contributed by atoms with Crippen LogP contribution in [-0.4, -0.2) is 35.6 Å². The van der Waals surface area contributed by atoms with Crippen molar-refractivity contribution in [1.82, 2.24) is 4.90 Å². The minimum absolute atomic E-state index is 0.501. The fourth-order valence-corrected chi connectivity index (χ4v) is 2.91. The van der Waals surface area contributed by atoms with E-state index in [0.717, 1.165) is 38.9 Å². The minimum atomic E-state index is -0.644. The second kappa shape index (κ2) is 5.19. The number of hydrogen-bond donors (Lipinski definition) is 1. The number of nitrogens with zero attached hydrogens (tertiary/aromatic N) is 1. The van der Waals surface area contributed by atoms with Gasteiger partial charge >= 0.3 is 5.97 Å². The van der Waals surface area contributed by atoms with Crippen LogP contribution in [0.25, 0.3) is 0 Å². The lowest BCUT2D eigenvalue weighted by atomic mass is 9.80. The normalized spacial score (nSPS) is 20.3. The standard InChI is InChI=1S/C13H19NO2S/c1-13(12(15)16)4-7-14(8-5-13)6-2-11-3-9-17-10-11/h3,9-10H,2,4-8H2,1H3,(H,15,16). The van der Waals surface area contributed by atoms with Crippen molar-refractivity contribution in [1.29, 1.82) is 0 Å². The Hall–Kier alpha value is -0.870. The molecule has 0 radical (unpaired) electrons. The highest BCUT2D eigenvalue weighted by Crippen LogP contribution is 2.30. The number of rotatable bonds is 4. The molecule has 2 heterocycles. The zero-order chi connectivity index (χ0) is 12.3. The van der Waals surface area contributed by atoms with Crippen molar-refractivity contribution in [3.05, 3.63) is 22.4 Å². The number of carbonyl (C=O) groups is 1. The predicted molar refractivity (Wildman–Crippen MR) is 69.4 cm³/mol. The van der Waals surface area contributed by atoms with E-state index in [4.69, 9.17) is 5.11 Å². The first-order chi connectivity index (χ1) is 8.10. The molecule has 1 aliphatic rings. The molecular formula is C13H19NO2S. The third kappa shape index (κ3) is 3.07. The van der Waals surface area contributed by atoms with Gasteiger partial charge in [0.2, 0.25) is 0 Å². The van der Waals surface area contributed by atoms with Gasteiger partial charge in [0.05, 0.1) is 5.41 Å². The van der Waals surface area contributed by atoms with Crippen LogP contribution in [0.3, 0.4) is 0 Å². The van der Waals surface area contributed by atoms with E-state index >= 15 is 0 Å². The Morgan fingerprint density at radius 3 is 2.76 bits per heavy atom. The maximum Gasteiger partial charge on any atom is 0.309 e. The number of carboxylic acids is 1. The molecular weight excluding hydrogens is 234 g/mol. The quantitative estimate of drug-likeness (QED) is 0.896. The van der Waals surface area contributed by atoms with Crippen molar-refractivity contribution in [2.24, 2.45) is 5.41 Å². The summed E-state index contributed by atoms with van der Waals surface area (Å²) in [4.78, 5) is 13.5. The maximum atomic E-state index is 11.1. The molecule has 1 aliphatic heterocycles. The van der Waals surface area contributed by atoms with Gasteiger partial charge in [-0.2, -0.15) is 11.3 Å². The largest absolute Gasteiger partial charge is 0.481 e. The van der Waals surface area contributed by atoms with Crippen LogP contribution in [-0.2, 0) is 11.2 Å². The van der Waals surface area contributed by atoms with Gasteiger partial charge in [-0.25, -0.2) is 0 Å². The summed E-state index contributed by atoms with van der Waals surface area (Å²) in [6.07, 6.45) is 2.62. The fraction of sp³-hybridized carbons (Fsp3) is 0.615. The molecule has 17 heavy (non-hydrogen) atoms.